The van der Waals surface area contributed by atoms with Crippen LogP contribution in [0.5, 0.6) is 0 Å². The Bertz CT molecular complexity index is 446. The number of benzene rings is 1. The number of carbonyl (C=O) groups excluding carboxylic acids is 1. The second kappa shape index (κ2) is 7.28. The van der Waals surface area contributed by atoms with Gasteiger partial charge in [-0.2, -0.15) is 13.2 Å². The third-order valence-electron chi connectivity index (χ3n) is 2.99. The van der Waals surface area contributed by atoms with Crippen LogP contribution in [0.25, 0.3) is 0 Å². The maximum Gasteiger partial charge on any atom is 0.416 e. The summed E-state index contributed by atoms with van der Waals surface area (Å²) < 4.78 is 38.7. The van der Waals surface area contributed by atoms with Crippen LogP contribution in [0.15, 0.2) is 24.3 Å². The molecule has 0 aliphatic carbocycles. The van der Waals surface area contributed by atoms with Gasteiger partial charge in [-0.1, -0.05) is 25.1 Å². The molecule has 0 bridgehead atoms. The van der Waals surface area contributed by atoms with E-state index in [1.807, 2.05) is 0 Å². The van der Waals surface area contributed by atoms with E-state index < -0.39 is 17.7 Å². The van der Waals surface area contributed by atoms with Crippen LogP contribution in [0.4, 0.5) is 13.2 Å². The Hall–Kier alpha value is -1.56. The van der Waals surface area contributed by atoms with Crippen molar-refractivity contribution < 1.29 is 18.0 Å². The molecule has 1 aromatic carbocycles. The number of likely N-dealkylation sites (N-methyl/N-ethyl adjacent to an activating group) is 1. The Morgan fingerprint density at radius 3 is 2.50 bits per heavy atom. The van der Waals surface area contributed by atoms with Crippen LogP contribution in [0, 0.1) is 0 Å². The summed E-state index contributed by atoms with van der Waals surface area (Å²) in [5.74, 6) is -0.730. The quantitative estimate of drug-likeness (QED) is 0.790. The Morgan fingerprint density at radius 1 is 1.25 bits per heavy atom. The zero-order valence-electron chi connectivity index (χ0n) is 11.6. The van der Waals surface area contributed by atoms with Gasteiger partial charge < -0.3 is 10.6 Å². The Morgan fingerprint density at radius 2 is 1.90 bits per heavy atom. The van der Waals surface area contributed by atoms with Gasteiger partial charge in [0.1, 0.15) is 0 Å². The zero-order chi connectivity index (χ0) is 15.2. The summed E-state index contributed by atoms with van der Waals surface area (Å²) in [5, 5.41) is 5.53. The minimum absolute atomic E-state index is 0.0385. The smallest absolute Gasteiger partial charge is 0.355 e. The van der Waals surface area contributed by atoms with Crippen molar-refractivity contribution in [2.75, 3.05) is 20.1 Å². The van der Waals surface area contributed by atoms with E-state index in [-0.39, 0.29) is 17.9 Å². The molecule has 1 rings (SSSR count). The molecule has 0 aliphatic rings. The number of alkyl halides is 3. The topological polar surface area (TPSA) is 41.1 Å². The third-order valence-corrected chi connectivity index (χ3v) is 2.99. The average molecular weight is 288 g/mol. The molecule has 0 aromatic heterocycles. The summed E-state index contributed by atoms with van der Waals surface area (Å²) in [4.78, 5) is 11.6. The fraction of sp³-hybridized carbons (Fsp3) is 0.500. The molecule has 6 heteroatoms. The number of hydrogen-bond acceptors (Lipinski definition) is 2. The van der Waals surface area contributed by atoms with Crippen molar-refractivity contribution in [3.63, 3.8) is 0 Å². The van der Waals surface area contributed by atoms with Crippen molar-refractivity contribution in [2.45, 2.75) is 25.4 Å². The SMILES string of the molecule is CNCCNC(=O)CC(C)c1ccccc1C(F)(F)F. The second-order valence-electron chi connectivity index (χ2n) is 4.64. The van der Waals surface area contributed by atoms with Gasteiger partial charge >= 0.3 is 6.18 Å². The highest BCUT2D eigenvalue weighted by Crippen LogP contribution is 2.35. The van der Waals surface area contributed by atoms with E-state index in [2.05, 4.69) is 10.6 Å². The summed E-state index contributed by atoms with van der Waals surface area (Å²) in [6.45, 7) is 2.71. The van der Waals surface area contributed by atoms with E-state index in [0.717, 1.165) is 6.07 Å². The highest BCUT2D eigenvalue weighted by atomic mass is 19.4. The van der Waals surface area contributed by atoms with Gasteiger partial charge in [0.2, 0.25) is 5.91 Å². The number of nitrogens with one attached hydrogen (secondary N) is 2. The number of halogens is 3. The minimum atomic E-state index is -4.40. The van der Waals surface area contributed by atoms with Gasteiger partial charge in [-0.15, -0.1) is 0 Å². The van der Waals surface area contributed by atoms with Crippen molar-refractivity contribution in [3.8, 4) is 0 Å². The normalized spacial score (nSPS) is 13.1. The van der Waals surface area contributed by atoms with E-state index in [0.29, 0.717) is 13.1 Å². The van der Waals surface area contributed by atoms with Gasteiger partial charge in [-0.05, 0) is 24.6 Å². The summed E-state index contributed by atoms with van der Waals surface area (Å²) >= 11 is 0. The molecule has 0 saturated carbocycles. The van der Waals surface area contributed by atoms with Crippen molar-refractivity contribution in [1.29, 1.82) is 0 Å². The number of rotatable bonds is 6. The van der Waals surface area contributed by atoms with Gasteiger partial charge in [0.25, 0.3) is 0 Å². The molecule has 0 saturated heterocycles. The predicted molar refractivity (Wildman–Crippen MR) is 71.4 cm³/mol. The van der Waals surface area contributed by atoms with E-state index in [1.54, 1.807) is 20.0 Å². The number of carbonyl (C=O) groups is 1. The molecule has 20 heavy (non-hydrogen) atoms. The molecule has 1 amide bonds. The third kappa shape index (κ3) is 4.85. The zero-order valence-corrected chi connectivity index (χ0v) is 11.6. The van der Waals surface area contributed by atoms with E-state index in [1.165, 1.54) is 12.1 Å². The fourth-order valence-corrected chi connectivity index (χ4v) is 1.97. The van der Waals surface area contributed by atoms with Crippen LogP contribution < -0.4 is 10.6 Å². The second-order valence-corrected chi connectivity index (χ2v) is 4.64. The maximum absolute atomic E-state index is 12.9. The lowest BCUT2D eigenvalue weighted by molar-refractivity contribution is -0.138. The Balaban J connectivity index is 2.73. The lowest BCUT2D eigenvalue weighted by Gasteiger charge is -2.18. The first-order valence-electron chi connectivity index (χ1n) is 6.43. The molecule has 112 valence electrons. The van der Waals surface area contributed by atoms with Crippen molar-refractivity contribution in [1.82, 2.24) is 10.6 Å². The van der Waals surface area contributed by atoms with Crippen LogP contribution in [0.2, 0.25) is 0 Å². The van der Waals surface area contributed by atoms with E-state index >= 15 is 0 Å². The van der Waals surface area contributed by atoms with Crippen LogP contribution in [0.3, 0.4) is 0 Å². The minimum Gasteiger partial charge on any atom is -0.355 e. The van der Waals surface area contributed by atoms with Crippen molar-refractivity contribution >= 4 is 5.91 Å². The molecule has 1 atom stereocenters. The molecular weight excluding hydrogens is 269 g/mol. The summed E-state index contributed by atoms with van der Waals surface area (Å²) in [5.41, 5.74) is -0.515. The van der Waals surface area contributed by atoms with Gasteiger partial charge in [-0.25, -0.2) is 0 Å². The molecule has 1 unspecified atom stereocenters. The lowest BCUT2D eigenvalue weighted by atomic mass is 9.92. The first kappa shape index (κ1) is 16.5. The molecule has 0 radical (unpaired) electrons. The summed E-state index contributed by atoms with van der Waals surface area (Å²) in [6.07, 6.45) is -4.36. The molecule has 0 fully saturated rings. The highest BCUT2D eigenvalue weighted by molar-refractivity contribution is 5.76. The molecule has 0 aliphatic heterocycles. The van der Waals surface area contributed by atoms with Gasteiger partial charge in [0, 0.05) is 19.5 Å². The van der Waals surface area contributed by atoms with E-state index in [9.17, 15) is 18.0 Å². The maximum atomic E-state index is 12.9. The van der Waals surface area contributed by atoms with Crippen LogP contribution >= 0.6 is 0 Å². The Kier molecular flexibility index (Phi) is 6.01. The van der Waals surface area contributed by atoms with Crippen LogP contribution in [0.1, 0.15) is 30.4 Å². The average Bonchev–Trinajstić information content (AvgIpc) is 2.38. The lowest BCUT2D eigenvalue weighted by Crippen LogP contribution is -2.31. The first-order chi connectivity index (χ1) is 9.36. The monoisotopic (exact) mass is 288 g/mol. The largest absolute Gasteiger partial charge is 0.416 e. The molecule has 3 nitrogen and oxygen atoms in total. The highest BCUT2D eigenvalue weighted by Gasteiger charge is 2.34. The van der Waals surface area contributed by atoms with E-state index in [4.69, 9.17) is 0 Å². The first-order valence-corrected chi connectivity index (χ1v) is 6.43. The summed E-state index contributed by atoms with van der Waals surface area (Å²) in [6, 6.07) is 5.38. The Labute approximate surface area is 116 Å². The van der Waals surface area contributed by atoms with Crippen molar-refractivity contribution in [3.05, 3.63) is 35.4 Å². The molecule has 0 spiro atoms. The molecule has 1 aromatic rings. The van der Waals surface area contributed by atoms with Crippen molar-refractivity contribution in [2.24, 2.45) is 0 Å². The number of hydrogen-bond donors (Lipinski definition) is 2. The fourth-order valence-electron chi connectivity index (χ4n) is 1.97. The van der Waals surface area contributed by atoms with Gasteiger partial charge in [-0.3, -0.25) is 4.79 Å². The standard InChI is InChI=1S/C14H19F3N2O/c1-10(9-13(20)19-8-7-18-2)11-5-3-4-6-12(11)14(15,16)17/h3-6,10,18H,7-9H2,1-2H3,(H,19,20). The van der Waals surface area contributed by atoms with Gasteiger partial charge in [0.05, 0.1) is 5.56 Å². The summed E-state index contributed by atoms with van der Waals surface area (Å²) in [7, 11) is 1.76. The molecule has 2 N–H and O–H groups in total. The molecule has 0 heterocycles. The predicted octanol–water partition coefficient (Wildman–Crippen LogP) is 2.53. The van der Waals surface area contributed by atoms with Crippen LogP contribution in [-0.4, -0.2) is 26.0 Å². The molecular formula is C14H19F3N2O. The number of amides is 1. The van der Waals surface area contributed by atoms with Gasteiger partial charge in [0.15, 0.2) is 0 Å². The van der Waals surface area contributed by atoms with Crippen LogP contribution in [-0.2, 0) is 11.0 Å².